The van der Waals surface area contributed by atoms with Crippen molar-refractivity contribution >= 4 is 16.9 Å². The molecule has 0 aromatic rings. The summed E-state index contributed by atoms with van der Waals surface area (Å²) < 4.78 is 0. The average molecular weight is 130 g/mol. The fourth-order valence-corrected chi connectivity index (χ4v) is 0.719. The highest BCUT2D eigenvalue weighted by Crippen LogP contribution is 2.04. The first-order chi connectivity index (χ1) is 3.72. The van der Waals surface area contributed by atoms with Gasteiger partial charge in [0, 0.05) is 0 Å². The van der Waals surface area contributed by atoms with Gasteiger partial charge < -0.3 is 0 Å². The van der Waals surface area contributed by atoms with Crippen molar-refractivity contribution in [1.82, 2.24) is 0 Å². The van der Waals surface area contributed by atoms with Gasteiger partial charge in [-0.25, -0.2) is 0 Å². The van der Waals surface area contributed by atoms with Crippen molar-refractivity contribution < 1.29 is 4.79 Å². The molecule has 1 nitrogen and oxygen atoms in total. The SMILES string of the molecule is C/C=C(\C)C(=O)SC. The summed E-state index contributed by atoms with van der Waals surface area (Å²) in [5, 5.41) is 0.160. The van der Waals surface area contributed by atoms with Crippen LogP contribution in [0, 0.1) is 0 Å². The van der Waals surface area contributed by atoms with E-state index in [1.807, 2.05) is 19.9 Å². The smallest absolute Gasteiger partial charge is 0.214 e. The van der Waals surface area contributed by atoms with E-state index in [2.05, 4.69) is 0 Å². The molecule has 0 heterocycles. The van der Waals surface area contributed by atoms with Gasteiger partial charge in [-0.2, -0.15) is 0 Å². The van der Waals surface area contributed by atoms with Crippen LogP contribution in [-0.4, -0.2) is 11.4 Å². The lowest BCUT2D eigenvalue weighted by atomic mass is 10.3. The van der Waals surface area contributed by atoms with Gasteiger partial charge in [0.1, 0.15) is 0 Å². The third-order valence-corrected chi connectivity index (χ3v) is 1.63. The number of hydrogen-bond donors (Lipinski definition) is 0. The highest BCUT2D eigenvalue weighted by Gasteiger charge is 1.97. The Morgan fingerprint density at radius 3 is 2.25 bits per heavy atom. The molecule has 0 saturated carbocycles. The van der Waals surface area contributed by atoms with Crippen LogP contribution in [0.3, 0.4) is 0 Å². The molecule has 0 saturated heterocycles. The van der Waals surface area contributed by atoms with Crippen LogP contribution in [0.25, 0.3) is 0 Å². The van der Waals surface area contributed by atoms with Crippen molar-refractivity contribution in [2.75, 3.05) is 6.26 Å². The maximum Gasteiger partial charge on any atom is 0.214 e. The lowest BCUT2D eigenvalue weighted by Crippen LogP contribution is -1.89. The van der Waals surface area contributed by atoms with Gasteiger partial charge in [-0.15, -0.1) is 0 Å². The predicted octanol–water partition coefficient (Wildman–Crippen LogP) is 1.84. The normalized spacial score (nSPS) is 11.6. The first kappa shape index (κ1) is 7.76. The lowest BCUT2D eigenvalue weighted by Gasteiger charge is -1.90. The Kier molecular flexibility index (Phi) is 3.61. The van der Waals surface area contributed by atoms with Crippen LogP contribution in [0.15, 0.2) is 11.6 Å². The standard InChI is InChI=1S/C6H10OS/c1-4-5(2)6(7)8-3/h4H,1-3H3/b5-4+. The zero-order chi connectivity index (χ0) is 6.57. The highest BCUT2D eigenvalue weighted by molar-refractivity contribution is 8.13. The summed E-state index contributed by atoms with van der Waals surface area (Å²) in [5.74, 6) is 0. The lowest BCUT2D eigenvalue weighted by molar-refractivity contribution is -0.107. The van der Waals surface area contributed by atoms with Gasteiger partial charge >= 0.3 is 0 Å². The summed E-state index contributed by atoms with van der Waals surface area (Å²) in [4.78, 5) is 10.6. The summed E-state index contributed by atoms with van der Waals surface area (Å²) in [6.45, 7) is 3.68. The van der Waals surface area contributed by atoms with Gasteiger partial charge in [-0.3, -0.25) is 4.79 Å². The monoisotopic (exact) mass is 130 g/mol. The maximum absolute atomic E-state index is 10.6. The summed E-state index contributed by atoms with van der Waals surface area (Å²) >= 11 is 1.25. The molecule has 0 radical (unpaired) electrons. The minimum Gasteiger partial charge on any atom is -0.282 e. The van der Waals surface area contributed by atoms with Gasteiger partial charge in [0.25, 0.3) is 0 Å². The molecule has 2 heteroatoms. The highest BCUT2D eigenvalue weighted by atomic mass is 32.2. The van der Waals surface area contributed by atoms with E-state index in [1.165, 1.54) is 11.8 Å². The average Bonchev–Trinajstić information content (AvgIpc) is 1.84. The largest absolute Gasteiger partial charge is 0.282 e. The summed E-state index contributed by atoms with van der Waals surface area (Å²) in [7, 11) is 0. The van der Waals surface area contributed by atoms with Crippen LogP contribution < -0.4 is 0 Å². The van der Waals surface area contributed by atoms with Gasteiger partial charge in [0.05, 0.1) is 0 Å². The summed E-state index contributed by atoms with van der Waals surface area (Å²) in [6.07, 6.45) is 3.61. The molecule has 0 amide bonds. The van der Waals surface area contributed by atoms with Crippen molar-refractivity contribution in [3.63, 3.8) is 0 Å². The molecule has 0 aliphatic rings. The molecule has 0 rings (SSSR count). The third-order valence-electron chi connectivity index (χ3n) is 0.940. The van der Waals surface area contributed by atoms with Crippen molar-refractivity contribution in [3.8, 4) is 0 Å². The van der Waals surface area contributed by atoms with Crippen LogP contribution in [-0.2, 0) is 4.79 Å². The maximum atomic E-state index is 10.6. The molecule has 0 N–H and O–H groups in total. The van der Waals surface area contributed by atoms with E-state index >= 15 is 0 Å². The zero-order valence-electron chi connectivity index (χ0n) is 5.39. The van der Waals surface area contributed by atoms with Gasteiger partial charge in [0.2, 0.25) is 5.12 Å². The molecule has 0 fully saturated rings. The Morgan fingerprint density at radius 2 is 2.12 bits per heavy atom. The van der Waals surface area contributed by atoms with Crippen LogP contribution >= 0.6 is 11.8 Å². The Labute approximate surface area is 54.2 Å². The number of allylic oxidation sites excluding steroid dienone is 1. The Balaban J connectivity index is 3.83. The Hall–Kier alpha value is -0.240. The number of carbonyl (C=O) groups is 1. The van der Waals surface area contributed by atoms with Crippen LogP contribution in [0.2, 0.25) is 0 Å². The van der Waals surface area contributed by atoms with Gasteiger partial charge in [0.15, 0.2) is 0 Å². The van der Waals surface area contributed by atoms with Crippen molar-refractivity contribution in [3.05, 3.63) is 11.6 Å². The molecular formula is C6H10OS. The van der Waals surface area contributed by atoms with Crippen LogP contribution in [0.4, 0.5) is 0 Å². The zero-order valence-corrected chi connectivity index (χ0v) is 6.21. The minimum absolute atomic E-state index is 0.160. The fourth-order valence-electron chi connectivity index (χ4n) is 0.279. The van der Waals surface area contributed by atoms with Gasteiger partial charge in [-0.1, -0.05) is 17.8 Å². The first-order valence-electron chi connectivity index (χ1n) is 2.43. The molecule has 0 aromatic carbocycles. The Bertz CT molecular complexity index is 116. The molecule has 0 atom stereocenters. The van der Waals surface area contributed by atoms with E-state index in [1.54, 1.807) is 6.26 Å². The topological polar surface area (TPSA) is 17.1 Å². The second kappa shape index (κ2) is 3.72. The Morgan fingerprint density at radius 1 is 1.62 bits per heavy atom. The van der Waals surface area contributed by atoms with Crippen molar-refractivity contribution in [2.45, 2.75) is 13.8 Å². The first-order valence-corrected chi connectivity index (χ1v) is 3.66. The third kappa shape index (κ3) is 2.17. The van der Waals surface area contributed by atoms with Crippen LogP contribution in [0.5, 0.6) is 0 Å². The number of carbonyl (C=O) groups excluding carboxylic acids is 1. The summed E-state index contributed by atoms with van der Waals surface area (Å²) in [5.41, 5.74) is 0.831. The second-order valence-corrected chi connectivity index (χ2v) is 2.24. The molecule has 0 aliphatic heterocycles. The molecular weight excluding hydrogens is 120 g/mol. The van der Waals surface area contributed by atoms with E-state index in [-0.39, 0.29) is 5.12 Å². The summed E-state index contributed by atoms with van der Waals surface area (Å²) in [6, 6.07) is 0. The number of rotatable bonds is 1. The molecule has 0 bridgehead atoms. The molecule has 0 unspecified atom stereocenters. The molecule has 46 valence electrons. The van der Waals surface area contributed by atoms with E-state index in [0.717, 1.165) is 5.57 Å². The van der Waals surface area contributed by atoms with E-state index in [0.29, 0.717) is 0 Å². The predicted molar refractivity (Wildman–Crippen MR) is 38.0 cm³/mol. The minimum atomic E-state index is 0.160. The fraction of sp³-hybridized carbons (Fsp3) is 0.500. The second-order valence-electron chi connectivity index (χ2n) is 1.46. The molecule has 0 aliphatic carbocycles. The van der Waals surface area contributed by atoms with E-state index in [4.69, 9.17) is 0 Å². The molecule has 0 spiro atoms. The quantitative estimate of drug-likeness (QED) is 0.504. The molecule has 0 aromatic heterocycles. The van der Waals surface area contributed by atoms with Crippen molar-refractivity contribution in [2.24, 2.45) is 0 Å². The van der Waals surface area contributed by atoms with Gasteiger partial charge in [-0.05, 0) is 25.7 Å². The number of hydrogen-bond acceptors (Lipinski definition) is 2. The number of thioether (sulfide) groups is 1. The van der Waals surface area contributed by atoms with Crippen molar-refractivity contribution in [1.29, 1.82) is 0 Å². The van der Waals surface area contributed by atoms with Crippen LogP contribution in [0.1, 0.15) is 13.8 Å². The molecule has 8 heavy (non-hydrogen) atoms. The van der Waals surface area contributed by atoms with E-state index in [9.17, 15) is 4.79 Å². The van der Waals surface area contributed by atoms with E-state index < -0.39 is 0 Å².